The van der Waals surface area contributed by atoms with Crippen molar-refractivity contribution < 1.29 is 13.9 Å². The topological polar surface area (TPSA) is 71.9 Å². The Morgan fingerprint density at radius 3 is 3.12 bits per heavy atom. The van der Waals surface area contributed by atoms with Crippen molar-refractivity contribution in [1.82, 2.24) is 20.1 Å². The molecular weight excluding hydrogens is 343 g/mol. The van der Waals surface area contributed by atoms with E-state index in [1.54, 1.807) is 6.07 Å². The summed E-state index contributed by atoms with van der Waals surface area (Å²) < 4.78 is 21.5. The van der Waals surface area contributed by atoms with E-state index in [2.05, 4.69) is 15.5 Å². The highest BCUT2D eigenvalue weighted by Crippen LogP contribution is 2.38. The smallest absolute Gasteiger partial charge is 0.226 e. The minimum absolute atomic E-state index is 0.0853. The predicted octanol–water partition coefficient (Wildman–Crippen LogP) is 2.32. The van der Waals surface area contributed by atoms with Gasteiger partial charge in [0.25, 0.3) is 0 Å². The fraction of sp³-hybridized carbons (Fsp3) is 0.471. The van der Waals surface area contributed by atoms with Gasteiger partial charge in [-0.05, 0) is 55.2 Å². The van der Waals surface area contributed by atoms with Gasteiger partial charge in [-0.25, -0.2) is 4.39 Å². The molecule has 0 unspecified atom stereocenters. The minimum atomic E-state index is -0.314. The number of ether oxygens (including phenoxy) is 1. The molecule has 0 spiro atoms. The van der Waals surface area contributed by atoms with Crippen LogP contribution in [0.1, 0.15) is 30.1 Å². The Hall–Kier alpha value is -2.22. The van der Waals surface area contributed by atoms with Crippen LogP contribution >= 0.6 is 12.2 Å². The van der Waals surface area contributed by atoms with Crippen LogP contribution in [0.4, 0.5) is 4.39 Å². The molecule has 25 heavy (non-hydrogen) atoms. The Labute approximate surface area is 149 Å². The van der Waals surface area contributed by atoms with Crippen molar-refractivity contribution in [2.75, 3.05) is 13.2 Å². The van der Waals surface area contributed by atoms with Crippen molar-refractivity contribution in [3.05, 3.63) is 40.2 Å². The number of nitrogens with zero attached hydrogens (tertiary/aromatic N) is 2. The first kappa shape index (κ1) is 16.3. The summed E-state index contributed by atoms with van der Waals surface area (Å²) in [5, 5.41) is 10.0. The number of rotatable bonds is 5. The third kappa shape index (κ3) is 3.44. The molecule has 1 aliphatic carbocycles. The maximum Gasteiger partial charge on any atom is 0.226 e. The van der Waals surface area contributed by atoms with Crippen LogP contribution in [0.2, 0.25) is 0 Å². The van der Waals surface area contributed by atoms with Gasteiger partial charge in [-0.3, -0.25) is 9.89 Å². The van der Waals surface area contributed by atoms with Gasteiger partial charge in [0.2, 0.25) is 5.91 Å². The van der Waals surface area contributed by atoms with E-state index < -0.39 is 0 Å². The number of amides is 1. The van der Waals surface area contributed by atoms with E-state index >= 15 is 0 Å². The van der Waals surface area contributed by atoms with E-state index in [4.69, 9.17) is 17.0 Å². The lowest BCUT2D eigenvalue weighted by Gasteiger charge is -2.24. The Kier molecular flexibility index (Phi) is 4.29. The molecule has 6 nitrogen and oxygen atoms in total. The van der Waals surface area contributed by atoms with Gasteiger partial charge in [-0.2, -0.15) is 5.10 Å². The Morgan fingerprint density at radius 2 is 2.32 bits per heavy atom. The predicted molar refractivity (Wildman–Crippen MR) is 91.5 cm³/mol. The molecule has 0 saturated heterocycles. The molecule has 1 aromatic heterocycles. The number of fused-ring (bicyclic) bond motifs is 1. The zero-order valence-electron chi connectivity index (χ0n) is 13.6. The Morgan fingerprint density at radius 1 is 1.48 bits per heavy atom. The summed E-state index contributed by atoms with van der Waals surface area (Å²) >= 11 is 5.26. The largest absolute Gasteiger partial charge is 0.492 e. The maximum absolute atomic E-state index is 13.4. The Bertz CT molecular complexity index is 859. The molecule has 1 aromatic carbocycles. The summed E-state index contributed by atoms with van der Waals surface area (Å²) in [6.45, 7) is 1.37. The molecule has 0 bridgehead atoms. The third-order valence-corrected chi connectivity index (χ3v) is 4.98. The first-order valence-corrected chi connectivity index (χ1v) is 8.86. The fourth-order valence-electron chi connectivity index (χ4n) is 3.17. The quantitative estimate of drug-likeness (QED) is 0.801. The molecule has 0 radical (unpaired) electrons. The number of halogens is 1. The number of aromatic nitrogens is 3. The summed E-state index contributed by atoms with van der Waals surface area (Å²) in [6, 6.07) is 4.41. The molecule has 2 aromatic rings. The standard InChI is InChI=1S/C17H19FN4O2S/c18-13-3-4-14-11(8-13)7-12(9-24-14)16(23)19-5-6-22-15(10-1-2-10)20-21-17(22)25/h3-4,8,10,12H,1-2,5-7,9H2,(H,19,23)(H,21,25)/t12-/m1/s1. The summed E-state index contributed by atoms with van der Waals surface area (Å²) in [7, 11) is 0. The Balaban J connectivity index is 1.34. The van der Waals surface area contributed by atoms with E-state index in [1.165, 1.54) is 12.1 Å². The average Bonchev–Trinajstić information content (AvgIpc) is 3.38. The number of hydrogen-bond donors (Lipinski definition) is 2. The molecule has 1 saturated carbocycles. The monoisotopic (exact) mass is 362 g/mol. The summed E-state index contributed by atoms with van der Waals surface area (Å²) in [4.78, 5) is 12.4. The van der Waals surface area contributed by atoms with Crippen molar-refractivity contribution in [3.63, 3.8) is 0 Å². The van der Waals surface area contributed by atoms with Crippen molar-refractivity contribution in [1.29, 1.82) is 0 Å². The van der Waals surface area contributed by atoms with Gasteiger partial charge in [0.1, 0.15) is 24.0 Å². The maximum atomic E-state index is 13.4. The van der Waals surface area contributed by atoms with Gasteiger partial charge in [-0.15, -0.1) is 0 Å². The van der Waals surface area contributed by atoms with Crippen LogP contribution in [-0.2, 0) is 17.8 Å². The second-order valence-corrected chi connectivity index (χ2v) is 6.95. The second kappa shape index (κ2) is 6.59. The highest BCUT2D eigenvalue weighted by atomic mass is 32.1. The molecule has 1 aliphatic heterocycles. The molecule has 2 aliphatic rings. The molecule has 1 atom stereocenters. The van der Waals surface area contributed by atoms with Crippen LogP contribution in [0.3, 0.4) is 0 Å². The molecule has 1 amide bonds. The molecule has 8 heteroatoms. The number of H-pyrrole nitrogens is 1. The van der Waals surface area contributed by atoms with Gasteiger partial charge in [-0.1, -0.05) is 0 Å². The molecule has 2 N–H and O–H groups in total. The lowest BCUT2D eigenvalue weighted by Crippen LogP contribution is -2.38. The summed E-state index contributed by atoms with van der Waals surface area (Å²) in [5.41, 5.74) is 0.736. The zero-order chi connectivity index (χ0) is 17.4. The van der Waals surface area contributed by atoms with E-state index in [0.717, 1.165) is 24.2 Å². The number of carbonyl (C=O) groups excluding carboxylic acids is 1. The zero-order valence-corrected chi connectivity index (χ0v) is 14.4. The van der Waals surface area contributed by atoms with Gasteiger partial charge < -0.3 is 14.6 Å². The number of hydrogen-bond acceptors (Lipinski definition) is 4. The molecule has 1 fully saturated rings. The first-order valence-electron chi connectivity index (χ1n) is 8.46. The first-order chi connectivity index (χ1) is 12.1. The van der Waals surface area contributed by atoms with E-state index in [-0.39, 0.29) is 17.6 Å². The number of aromatic amines is 1. The van der Waals surface area contributed by atoms with E-state index in [0.29, 0.717) is 42.6 Å². The number of carbonyl (C=O) groups is 1. The highest BCUT2D eigenvalue weighted by Gasteiger charge is 2.29. The van der Waals surface area contributed by atoms with E-state index in [1.807, 2.05) is 4.57 Å². The highest BCUT2D eigenvalue weighted by molar-refractivity contribution is 7.71. The third-order valence-electron chi connectivity index (χ3n) is 4.66. The SMILES string of the molecule is O=C(NCCn1c(C2CC2)n[nH]c1=S)[C@H]1COc2ccc(F)cc2C1. The molecule has 4 rings (SSSR count). The summed E-state index contributed by atoms with van der Waals surface area (Å²) in [5.74, 6) is 1.41. The molecule has 132 valence electrons. The van der Waals surface area contributed by atoms with Gasteiger partial charge in [0.15, 0.2) is 4.77 Å². The average molecular weight is 362 g/mol. The molecular formula is C17H19FN4O2S. The van der Waals surface area contributed by atoms with Gasteiger partial charge in [0, 0.05) is 19.0 Å². The van der Waals surface area contributed by atoms with Crippen LogP contribution in [0, 0.1) is 16.5 Å². The van der Waals surface area contributed by atoms with Crippen molar-refractivity contribution in [2.45, 2.75) is 31.7 Å². The van der Waals surface area contributed by atoms with Gasteiger partial charge >= 0.3 is 0 Å². The normalized spacial score (nSPS) is 19.2. The van der Waals surface area contributed by atoms with Crippen LogP contribution in [0.25, 0.3) is 0 Å². The van der Waals surface area contributed by atoms with Crippen LogP contribution in [0.5, 0.6) is 5.75 Å². The van der Waals surface area contributed by atoms with Crippen molar-refractivity contribution in [2.24, 2.45) is 5.92 Å². The van der Waals surface area contributed by atoms with Crippen LogP contribution in [0.15, 0.2) is 18.2 Å². The lowest BCUT2D eigenvalue weighted by molar-refractivity contribution is -0.126. The fourth-order valence-corrected chi connectivity index (χ4v) is 3.40. The van der Waals surface area contributed by atoms with Gasteiger partial charge in [0.05, 0.1) is 5.92 Å². The van der Waals surface area contributed by atoms with E-state index in [9.17, 15) is 9.18 Å². The molecule has 2 heterocycles. The second-order valence-electron chi connectivity index (χ2n) is 6.57. The minimum Gasteiger partial charge on any atom is -0.492 e. The van der Waals surface area contributed by atoms with Crippen LogP contribution < -0.4 is 10.1 Å². The van der Waals surface area contributed by atoms with Crippen molar-refractivity contribution >= 4 is 18.1 Å². The van der Waals surface area contributed by atoms with Crippen molar-refractivity contribution in [3.8, 4) is 5.75 Å². The summed E-state index contributed by atoms with van der Waals surface area (Å²) in [6.07, 6.45) is 2.76. The lowest BCUT2D eigenvalue weighted by atomic mass is 9.96. The number of benzene rings is 1. The number of nitrogens with one attached hydrogen (secondary N) is 2. The van der Waals surface area contributed by atoms with Crippen LogP contribution in [-0.4, -0.2) is 33.8 Å².